The van der Waals surface area contributed by atoms with Crippen molar-refractivity contribution in [1.29, 1.82) is 0 Å². The average molecular weight is 747 g/mol. The van der Waals surface area contributed by atoms with Crippen molar-refractivity contribution in [3.8, 4) is 5.75 Å². The number of rotatable bonds is 11. The highest BCUT2D eigenvalue weighted by molar-refractivity contribution is 6.99. The molecule has 6 rings (SSSR count). The normalized spacial score (nSPS) is 29.1. The Morgan fingerprint density at radius 2 is 1.37 bits per heavy atom. The maximum Gasteiger partial charge on any atom is 0.261 e. The minimum absolute atomic E-state index is 0.0195. The molecule has 2 bridgehead atoms. The molecule has 1 spiro atoms. The van der Waals surface area contributed by atoms with Crippen molar-refractivity contribution < 1.29 is 32.5 Å². The second-order valence-corrected chi connectivity index (χ2v) is 27.3. The fraction of sp³-hybridized carbons (Fsp3) is 0.581. The van der Waals surface area contributed by atoms with Crippen LogP contribution in [0.4, 0.5) is 0 Å². The third kappa shape index (κ3) is 6.78. The predicted octanol–water partition coefficient (Wildman–Crippen LogP) is 8.25. The summed E-state index contributed by atoms with van der Waals surface area (Å²) in [5, 5.41) is 2.30. The zero-order valence-corrected chi connectivity index (χ0v) is 35.6. The lowest BCUT2D eigenvalue weighted by molar-refractivity contribution is -0.303. The van der Waals surface area contributed by atoms with Crippen molar-refractivity contribution >= 4 is 27.0 Å². The van der Waals surface area contributed by atoms with Crippen LogP contribution in [0.5, 0.6) is 5.75 Å². The molecule has 0 aromatic heterocycles. The minimum atomic E-state index is -2.89. The van der Waals surface area contributed by atoms with Crippen LogP contribution in [-0.2, 0) is 34.4 Å². The summed E-state index contributed by atoms with van der Waals surface area (Å²) in [5.41, 5.74) is -0.460. The molecule has 0 radical (unpaired) electrons. The highest BCUT2D eigenvalue weighted by Gasteiger charge is 2.75. The Kier molecular flexibility index (Phi) is 10.6. The second-order valence-electron chi connectivity index (χ2n) is 18.3. The Balaban J connectivity index is 1.43. The maximum atomic E-state index is 7.60. The summed E-state index contributed by atoms with van der Waals surface area (Å²) in [6, 6.07) is 29.7. The van der Waals surface area contributed by atoms with E-state index in [4.69, 9.17) is 32.5 Å². The topological polar surface area (TPSA) is 64.6 Å². The van der Waals surface area contributed by atoms with E-state index in [0.717, 1.165) is 11.3 Å². The summed E-state index contributed by atoms with van der Waals surface area (Å²) < 4.78 is 48.6. The van der Waals surface area contributed by atoms with Gasteiger partial charge in [-0.05, 0) is 65.1 Å². The number of benzene rings is 3. The van der Waals surface area contributed by atoms with Gasteiger partial charge in [0.2, 0.25) is 0 Å². The number of hydrogen-bond acceptors (Lipinski definition) is 7. The summed E-state index contributed by atoms with van der Waals surface area (Å²) in [4.78, 5) is 0. The molecule has 3 fully saturated rings. The first-order valence-corrected chi connectivity index (χ1v) is 23.8. The fourth-order valence-corrected chi connectivity index (χ4v) is 14.6. The van der Waals surface area contributed by atoms with Crippen molar-refractivity contribution in [3.63, 3.8) is 0 Å². The average Bonchev–Trinajstić information content (AvgIpc) is 3.53. The molecule has 0 N–H and O–H groups in total. The molecule has 9 heteroatoms. The van der Waals surface area contributed by atoms with Gasteiger partial charge in [-0.1, -0.05) is 121 Å². The number of hydrogen-bond donors (Lipinski definition) is 0. The van der Waals surface area contributed by atoms with E-state index < -0.39 is 39.5 Å². The van der Waals surface area contributed by atoms with E-state index in [1.165, 1.54) is 10.4 Å². The van der Waals surface area contributed by atoms with E-state index in [0.29, 0.717) is 26.2 Å². The molecule has 284 valence electrons. The van der Waals surface area contributed by atoms with Crippen molar-refractivity contribution in [2.45, 2.75) is 134 Å². The van der Waals surface area contributed by atoms with Crippen LogP contribution in [-0.4, -0.2) is 72.8 Å². The van der Waals surface area contributed by atoms with Crippen molar-refractivity contribution in [2.75, 3.05) is 20.3 Å². The molecule has 1 unspecified atom stereocenters. The van der Waals surface area contributed by atoms with E-state index in [-0.39, 0.29) is 28.4 Å². The standard InChI is InChI=1S/C43H62O7Si2/c1-39(2,3)51(11,12)49-36-27-35-38(45-28-31-23-25-32(44-10)26-24-31)42(36,9)43(30-46-41(7,8)50-43)37(48-35)29-47-52(40(4,5)6,33-19-15-13-16-20-33)34-21-17-14-18-22-34/h13-26,35-38H,27-30H2,1-12H3/t35-,36-,37-,38+,42+,43?/m1/s1. The quantitative estimate of drug-likeness (QED) is 0.183. The Morgan fingerprint density at radius 3 is 1.85 bits per heavy atom. The molecule has 3 aliphatic rings. The van der Waals surface area contributed by atoms with Crippen LogP contribution in [0.3, 0.4) is 0 Å². The lowest BCUT2D eigenvalue weighted by atomic mass is 9.65. The first kappa shape index (κ1) is 39.4. The van der Waals surface area contributed by atoms with Gasteiger partial charge in [0.05, 0.1) is 50.7 Å². The molecule has 52 heavy (non-hydrogen) atoms. The number of ether oxygens (including phenoxy) is 5. The molecular formula is C43H62O7Si2. The highest BCUT2D eigenvalue weighted by Crippen LogP contribution is 2.62. The number of fused-ring (bicyclic) bond motifs is 3. The lowest BCUT2D eigenvalue weighted by Gasteiger charge is -2.57. The smallest absolute Gasteiger partial charge is 0.261 e. The first-order valence-electron chi connectivity index (χ1n) is 19.0. The van der Waals surface area contributed by atoms with Crippen molar-refractivity contribution in [2.24, 2.45) is 5.41 Å². The van der Waals surface area contributed by atoms with Gasteiger partial charge in [0.15, 0.2) is 14.1 Å². The van der Waals surface area contributed by atoms with Crippen LogP contribution in [0.15, 0.2) is 84.9 Å². The Hall–Kier alpha value is -2.35. The zero-order chi connectivity index (χ0) is 37.8. The predicted molar refractivity (Wildman–Crippen MR) is 212 cm³/mol. The van der Waals surface area contributed by atoms with E-state index in [2.05, 4.69) is 134 Å². The van der Waals surface area contributed by atoms with Gasteiger partial charge in [0, 0.05) is 6.42 Å². The molecule has 0 amide bonds. The van der Waals surface area contributed by atoms with Crippen molar-refractivity contribution in [3.05, 3.63) is 90.5 Å². The van der Waals surface area contributed by atoms with Gasteiger partial charge in [-0.25, -0.2) is 0 Å². The molecule has 2 saturated heterocycles. The van der Waals surface area contributed by atoms with E-state index in [9.17, 15) is 0 Å². The van der Waals surface area contributed by atoms with E-state index in [1.807, 2.05) is 26.0 Å². The molecule has 2 heterocycles. The molecule has 7 nitrogen and oxygen atoms in total. The summed E-state index contributed by atoms with van der Waals surface area (Å²) in [7, 11) is -3.44. The molecule has 1 saturated carbocycles. The Bertz CT molecular complexity index is 1610. The minimum Gasteiger partial charge on any atom is -0.497 e. The van der Waals surface area contributed by atoms with E-state index in [1.54, 1.807) is 7.11 Å². The van der Waals surface area contributed by atoms with Crippen LogP contribution in [0, 0.1) is 5.41 Å². The molecule has 3 aromatic rings. The number of methoxy groups -OCH3 is 1. The molecule has 1 aliphatic carbocycles. The third-order valence-corrected chi connectivity index (χ3v) is 22.1. The van der Waals surface area contributed by atoms with Gasteiger partial charge >= 0.3 is 0 Å². The van der Waals surface area contributed by atoms with Crippen LogP contribution < -0.4 is 15.1 Å². The lowest BCUT2D eigenvalue weighted by Crippen LogP contribution is -2.73. The fourth-order valence-electron chi connectivity index (χ4n) is 8.69. The highest BCUT2D eigenvalue weighted by atomic mass is 28.4. The third-order valence-electron chi connectivity index (χ3n) is 12.6. The van der Waals surface area contributed by atoms with Crippen LogP contribution in [0.2, 0.25) is 23.2 Å². The van der Waals surface area contributed by atoms with Crippen LogP contribution in [0.25, 0.3) is 0 Å². The van der Waals surface area contributed by atoms with Gasteiger partial charge in [0.1, 0.15) is 17.5 Å². The van der Waals surface area contributed by atoms with Gasteiger partial charge in [-0.2, -0.15) is 0 Å². The molecule has 2 aliphatic heterocycles. The van der Waals surface area contributed by atoms with Gasteiger partial charge in [-0.3, -0.25) is 0 Å². The van der Waals surface area contributed by atoms with Crippen LogP contribution in [0.1, 0.15) is 74.3 Å². The van der Waals surface area contributed by atoms with E-state index >= 15 is 0 Å². The summed E-state index contributed by atoms with van der Waals surface area (Å²) >= 11 is 0. The first-order chi connectivity index (χ1) is 24.3. The van der Waals surface area contributed by atoms with Crippen molar-refractivity contribution in [1.82, 2.24) is 0 Å². The van der Waals surface area contributed by atoms with Crippen LogP contribution >= 0.6 is 0 Å². The molecule has 6 atom stereocenters. The zero-order valence-electron chi connectivity index (χ0n) is 33.6. The maximum absolute atomic E-state index is 7.60. The summed E-state index contributed by atoms with van der Waals surface area (Å²) in [6.07, 6.45) is -0.415. The Labute approximate surface area is 314 Å². The summed E-state index contributed by atoms with van der Waals surface area (Å²) in [6.45, 7) is 25.9. The molecular weight excluding hydrogens is 685 g/mol. The monoisotopic (exact) mass is 746 g/mol. The van der Waals surface area contributed by atoms with Gasteiger partial charge in [-0.15, -0.1) is 0 Å². The largest absolute Gasteiger partial charge is 0.497 e. The SMILES string of the molecule is COc1ccc(CO[C@H]2[C@H]3C[C@@H](O[Si](C)(C)C(C)(C)C)[C@]2(C)C2(COC(C)(C)O2)[C@@H](CO[Si](c2ccccc2)(c2ccccc2)C(C)(C)C)O3)cc1. The van der Waals surface area contributed by atoms with Gasteiger partial charge in [0.25, 0.3) is 8.32 Å². The van der Waals surface area contributed by atoms with Gasteiger partial charge < -0.3 is 32.5 Å². The summed E-state index contributed by atoms with van der Waals surface area (Å²) in [5.74, 6) is -0.0134. The Morgan fingerprint density at radius 1 is 0.788 bits per heavy atom. The molecule has 3 aromatic carbocycles. The second kappa shape index (κ2) is 14.1.